The van der Waals surface area contributed by atoms with Crippen molar-refractivity contribution >= 4 is 29.6 Å². The van der Waals surface area contributed by atoms with Gasteiger partial charge < -0.3 is 26.0 Å². The molecule has 2 aliphatic carbocycles. The number of rotatable bonds is 10. The molecule has 196 valence electrons. The van der Waals surface area contributed by atoms with Gasteiger partial charge >= 0.3 is 6.09 Å². The number of nitrogens with two attached hydrogens (primary N) is 1. The first-order valence-corrected chi connectivity index (χ1v) is 12.9. The Kier molecular flexibility index (Phi) is 9.13. The van der Waals surface area contributed by atoms with Crippen LogP contribution in [-0.2, 0) is 23.9 Å². The van der Waals surface area contributed by atoms with E-state index in [9.17, 15) is 24.0 Å². The minimum absolute atomic E-state index is 0.0313. The molecule has 0 bridgehead atoms. The van der Waals surface area contributed by atoms with Crippen molar-refractivity contribution in [2.75, 3.05) is 13.7 Å². The zero-order chi connectivity index (χ0) is 25.7. The second-order valence-corrected chi connectivity index (χ2v) is 10.7. The number of nitrogens with zero attached hydrogens (tertiary/aromatic N) is 1. The fraction of sp³-hybridized carbons (Fsp3) is 0.800. The number of alkyl carbamates (subject to hydrolysis) is 1. The number of hydrogen-bond donors (Lipinski definition) is 3. The highest BCUT2D eigenvalue weighted by Gasteiger charge is 2.47. The van der Waals surface area contributed by atoms with Crippen molar-refractivity contribution in [3.05, 3.63) is 0 Å². The van der Waals surface area contributed by atoms with Gasteiger partial charge in [-0.25, -0.2) is 4.79 Å². The maximum absolute atomic E-state index is 13.8. The highest BCUT2D eigenvalue weighted by atomic mass is 16.5. The third-order valence-electron chi connectivity index (χ3n) is 7.84. The summed E-state index contributed by atoms with van der Waals surface area (Å²) in [5, 5.41) is 5.48. The van der Waals surface area contributed by atoms with E-state index in [0.29, 0.717) is 19.4 Å². The summed E-state index contributed by atoms with van der Waals surface area (Å²) in [7, 11) is 1.26. The van der Waals surface area contributed by atoms with Crippen LogP contribution in [0.2, 0.25) is 0 Å². The number of carbonyl (C=O) groups is 5. The molecular weight excluding hydrogens is 452 g/mol. The number of likely N-dealkylation sites (tertiary alicyclic amines) is 1. The van der Waals surface area contributed by atoms with E-state index >= 15 is 0 Å². The van der Waals surface area contributed by atoms with Gasteiger partial charge in [0.1, 0.15) is 12.1 Å². The quantitative estimate of drug-likeness (QED) is 0.394. The monoisotopic (exact) mass is 492 g/mol. The Morgan fingerprint density at radius 2 is 1.63 bits per heavy atom. The number of primary amides is 1. The van der Waals surface area contributed by atoms with E-state index in [4.69, 9.17) is 10.5 Å². The second-order valence-electron chi connectivity index (χ2n) is 10.7. The Bertz CT molecular complexity index is 821. The molecule has 0 radical (unpaired) electrons. The molecule has 10 nitrogen and oxygen atoms in total. The first-order chi connectivity index (χ1) is 16.6. The van der Waals surface area contributed by atoms with Crippen molar-refractivity contribution in [2.24, 2.45) is 29.4 Å². The van der Waals surface area contributed by atoms with Crippen molar-refractivity contribution in [3.63, 3.8) is 0 Å². The Morgan fingerprint density at radius 1 is 0.971 bits per heavy atom. The average Bonchev–Trinajstić information content (AvgIpc) is 3.54. The lowest BCUT2D eigenvalue weighted by atomic mass is 9.83. The minimum Gasteiger partial charge on any atom is -0.453 e. The van der Waals surface area contributed by atoms with Crippen LogP contribution in [0, 0.1) is 23.7 Å². The van der Waals surface area contributed by atoms with Gasteiger partial charge in [-0.3, -0.25) is 19.2 Å². The van der Waals surface area contributed by atoms with Gasteiger partial charge in [-0.1, -0.05) is 46.0 Å². The van der Waals surface area contributed by atoms with Crippen LogP contribution in [-0.4, -0.2) is 66.3 Å². The third-order valence-corrected chi connectivity index (χ3v) is 7.84. The molecular formula is C25H40N4O6. The van der Waals surface area contributed by atoms with E-state index in [1.165, 1.54) is 7.11 Å². The molecule has 1 unspecified atom stereocenters. The predicted octanol–water partition coefficient (Wildman–Crippen LogP) is 1.50. The molecule has 10 heteroatoms. The second kappa shape index (κ2) is 11.9. The van der Waals surface area contributed by atoms with Crippen LogP contribution >= 0.6 is 0 Å². The van der Waals surface area contributed by atoms with Crippen molar-refractivity contribution < 1.29 is 28.7 Å². The van der Waals surface area contributed by atoms with Gasteiger partial charge in [0.05, 0.1) is 13.2 Å². The van der Waals surface area contributed by atoms with Gasteiger partial charge in [-0.05, 0) is 49.4 Å². The zero-order valence-electron chi connectivity index (χ0n) is 21.1. The van der Waals surface area contributed by atoms with Crippen LogP contribution in [0.15, 0.2) is 0 Å². The number of ketones is 1. The lowest BCUT2D eigenvalue weighted by Gasteiger charge is -2.36. The smallest absolute Gasteiger partial charge is 0.407 e. The van der Waals surface area contributed by atoms with Crippen LogP contribution in [0.4, 0.5) is 4.79 Å². The molecule has 1 aliphatic heterocycles. The summed E-state index contributed by atoms with van der Waals surface area (Å²) in [4.78, 5) is 65.1. The third kappa shape index (κ3) is 6.73. The Balaban J connectivity index is 1.83. The molecule has 3 aliphatic rings. The minimum atomic E-state index is -1.07. The molecule has 0 aromatic heterocycles. The molecule has 0 aromatic carbocycles. The fourth-order valence-corrected chi connectivity index (χ4v) is 5.66. The normalized spacial score (nSPS) is 24.5. The molecule has 0 aromatic rings. The summed E-state index contributed by atoms with van der Waals surface area (Å²) in [6.07, 6.45) is 6.91. The van der Waals surface area contributed by atoms with E-state index < -0.39 is 41.8 Å². The molecule has 3 fully saturated rings. The number of amides is 4. The van der Waals surface area contributed by atoms with Gasteiger partial charge in [0.15, 0.2) is 0 Å². The van der Waals surface area contributed by atoms with E-state index in [0.717, 1.165) is 44.9 Å². The summed E-state index contributed by atoms with van der Waals surface area (Å²) >= 11 is 0. The summed E-state index contributed by atoms with van der Waals surface area (Å²) in [6.45, 7) is 4.38. The van der Waals surface area contributed by atoms with Gasteiger partial charge in [-0.2, -0.15) is 0 Å². The summed E-state index contributed by atoms with van der Waals surface area (Å²) < 4.78 is 4.78. The number of Topliss-reactive ketones (excluding diaryl/α,β-unsaturated/α-hetero) is 1. The van der Waals surface area contributed by atoms with E-state index in [2.05, 4.69) is 10.6 Å². The van der Waals surface area contributed by atoms with Gasteiger partial charge in [-0.15, -0.1) is 0 Å². The fourth-order valence-electron chi connectivity index (χ4n) is 5.66. The molecule has 3 rings (SSSR count). The largest absolute Gasteiger partial charge is 0.453 e. The number of carbonyl (C=O) groups excluding carboxylic acids is 5. The van der Waals surface area contributed by atoms with Crippen LogP contribution in [0.3, 0.4) is 0 Å². The topological polar surface area (TPSA) is 148 Å². The maximum Gasteiger partial charge on any atom is 0.407 e. The van der Waals surface area contributed by atoms with Gasteiger partial charge in [0, 0.05) is 6.54 Å². The zero-order valence-corrected chi connectivity index (χ0v) is 21.1. The van der Waals surface area contributed by atoms with Crippen LogP contribution < -0.4 is 16.4 Å². The van der Waals surface area contributed by atoms with E-state index in [-0.39, 0.29) is 29.6 Å². The summed E-state index contributed by atoms with van der Waals surface area (Å²) in [5.41, 5.74) is 5.24. The highest BCUT2D eigenvalue weighted by molar-refractivity contribution is 6.37. The van der Waals surface area contributed by atoms with Crippen LogP contribution in [0.25, 0.3) is 0 Å². The Morgan fingerprint density at radius 3 is 2.17 bits per heavy atom. The van der Waals surface area contributed by atoms with Gasteiger partial charge in [0.25, 0.3) is 5.91 Å². The molecule has 4 amide bonds. The number of methoxy groups -OCH3 is 1. The van der Waals surface area contributed by atoms with Crippen molar-refractivity contribution in [3.8, 4) is 0 Å². The number of hydrogen-bond acceptors (Lipinski definition) is 6. The Labute approximate surface area is 207 Å². The molecule has 1 heterocycles. The highest BCUT2D eigenvalue weighted by Crippen LogP contribution is 2.36. The van der Waals surface area contributed by atoms with Gasteiger partial charge in [0.2, 0.25) is 17.6 Å². The Hall–Kier alpha value is -2.65. The first kappa shape index (κ1) is 26.9. The van der Waals surface area contributed by atoms with Crippen LogP contribution in [0.1, 0.15) is 71.6 Å². The molecule has 1 saturated heterocycles. The predicted molar refractivity (Wildman–Crippen MR) is 128 cm³/mol. The number of ether oxygens (including phenoxy) is 1. The summed E-state index contributed by atoms with van der Waals surface area (Å²) in [6, 6.07) is -2.56. The average molecular weight is 493 g/mol. The molecule has 0 spiro atoms. The first-order valence-electron chi connectivity index (χ1n) is 12.9. The number of nitrogens with one attached hydrogen (secondary N) is 2. The van der Waals surface area contributed by atoms with E-state index in [1.54, 1.807) is 4.90 Å². The van der Waals surface area contributed by atoms with Crippen molar-refractivity contribution in [2.45, 2.75) is 89.8 Å². The molecule has 4 atom stereocenters. The lowest BCUT2D eigenvalue weighted by molar-refractivity contribution is -0.144. The van der Waals surface area contributed by atoms with Crippen LogP contribution in [0.5, 0.6) is 0 Å². The molecule has 2 saturated carbocycles. The lowest BCUT2D eigenvalue weighted by Crippen LogP contribution is -2.59. The SMILES string of the molecule is COC(=O)N[C@H](C(=O)N1CC[C@H](C(C)C)[C@H]1C(=O)NC(CC1CC1)C(=O)C(N)=O)C1CCCCC1. The van der Waals surface area contributed by atoms with Crippen molar-refractivity contribution in [1.82, 2.24) is 15.5 Å². The molecule has 4 N–H and O–H groups in total. The maximum atomic E-state index is 13.8. The van der Waals surface area contributed by atoms with Crippen molar-refractivity contribution in [1.29, 1.82) is 0 Å². The molecule has 35 heavy (non-hydrogen) atoms. The standard InChI is InChI=1S/C25H40N4O6/c1-14(2)17-11-12-29(24(33)19(28-25(34)35-3)16-7-5-4-6-8-16)20(17)23(32)27-18(13-15-9-10-15)21(30)22(26)31/h14-20H,4-13H2,1-3H3,(H2,26,31)(H,27,32)(H,28,34)/t17-,18?,19+,20+/m1/s1. The summed E-state index contributed by atoms with van der Waals surface area (Å²) in [5.74, 6) is -2.39. The van der Waals surface area contributed by atoms with E-state index in [1.807, 2.05) is 13.8 Å².